The number of aliphatic hydroxyl groups is 1. The fraction of sp³-hybridized carbons (Fsp3) is 0.353. The Morgan fingerprint density at radius 1 is 1.44 bits per heavy atom. The molecule has 1 saturated carbocycles. The molecule has 3 heterocycles. The first-order valence-corrected chi connectivity index (χ1v) is 8.47. The average Bonchev–Trinajstić information content (AvgIpc) is 3.27. The number of furan rings is 1. The zero-order chi connectivity index (χ0) is 17.4. The van der Waals surface area contributed by atoms with Gasteiger partial charge in [-0.15, -0.1) is 0 Å². The number of aromatic nitrogens is 3. The van der Waals surface area contributed by atoms with E-state index in [1.54, 1.807) is 41.6 Å². The Morgan fingerprint density at radius 2 is 2.32 bits per heavy atom. The zero-order valence-corrected chi connectivity index (χ0v) is 14.1. The Kier molecular flexibility index (Phi) is 4.19. The smallest absolute Gasteiger partial charge is 0.287 e. The van der Waals surface area contributed by atoms with Gasteiger partial charge in [-0.1, -0.05) is 11.6 Å². The maximum Gasteiger partial charge on any atom is 0.287 e. The van der Waals surface area contributed by atoms with E-state index in [1.165, 1.54) is 0 Å². The number of aliphatic hydroxyl groups excluding tert-OH is 1. The minimum absolute atomic E-state index is 0.219. The molecule has 1 fully saturated rings. The van der Waals surface area contributed by atoms with Gasteiger partial charge < -0.3 is 14.8 Å². The van der Waals surface area contributed by atoms with Crippen molar-refractivity contribution in [1.29, 1.82) is 0 Å². The lowest BCUT2D eigenvalue weighted by Gasteiger charge is -2.15. The fourth-order valence-electron chi connectivity index (χ4n) is 3.36. The van der Waals surface area contributed by atoms with Crippen molar-refractivity contribution >= 4 is 28.5 Å². The van der Waals surface area contributed by atoms with Gasteiger partial charge in [0.15, 0.2) is 5.76 Å². The van der Waals surface area contributed by atoms with Crippen LogP contribution >= 0.6 is 11.6 Å². The van der Waals surface area contributed by atoms with Gasteiger partial charge in [-0.3, -0.25) is 14.5 Å². The summed E-state index contributed by atoms with van der Waals surface area (Å²) in [7, 11) is 0. The number of carbonyl (C=O) groups excluding carboxylic acids is 1. The second-order valence-corrected chi connectivity index (χ2v) is 6.83. The molecule has 1 unspecified atom stereocenters. The molecule has 0 aliphatic heterocycles. The molecule has 130 valence electrons. The minimum atomic E-state index is -0.592. The van der Waals surface area contributed by atoms with Crippen molar-refractivity contribution in [2.24, 2.45) is 5.92 Å². The lowest BCUT2D eigenvalue weighted by atomic mass is 10.1. The number of fused-ring (bicyclic) bond motifs is 1. The first kappa shape index (κ1) is 16.1. The maximum absolute atomic E-state index is 12.4. The summed E-state index contributed by atoms with van der Waals surface area (Å²) in [6.07, 6.45) is 7.28. The van der Waals surface area contributed by atoms with E-state index >= 15 is 0 Å². The van der Waals surface area contributed by atoms with Crippen LogP contribution in [0.5, 0.6) is 0 Å². The monoisotopic (exact) mass is 360 g/mol. The number of nitrogens with zero attached hydrogens (tertiary/aromatic N) is 3. The number of carbonyl (C=O) groups is 1. The summed E-state index contributed by atoms with van der Waals surface area (Å²) in [6.45, 7) is 0.659. The largest absolute Gasteiger partial charge is 0.451 e. The van der Waals surface area contributed by atoms with Crippen LogP contribution in [0.2, 0.25) is 5.02 Å². The van der Waals surface area contributed by atoms with Crippen LogP contribution in [0.1, 0.15) is 23.4 Å². The standard InChI is InChI=1S/C17H17ClN4O3/c18-12-7-20-22(9-12)8-10-3-13(14(23)4-10)21-17(24)16-5-11-6-19-2-1-15(11)25-16/h1-2,5-7,9-10,13-14,23H,3-4,8H2,(H,21,24)/t10?,13-,14-/m1/s1. The Bertz CT molecular complexity index is 873. The molecule has 0 radical (unpaired) electrons. The number of pyridine rings is 1. The second kappa shape index (κ2) is 6.50. The van der Waals surface area contributed by atoms with E-state index in [0.29, 0.717) is 30.0 Å². The van der Waals surface area contributed by atoms with Gasteiger partial charge in [0.1, 0.15) is 5.58 Å². The first-order chi connectivity index (χ1) is 12.1. The molecule has 3 atom stereocenters. The molecule has 1 amide bonds. The Labute approximate surface area is 148 Å². The lowest BCUT2D eigenvalue weighted by Crippen LogP contribution is -2.39. The van der Waals surface area contributed by atoms with Gasteiger partial charge in [-0.05, 0) is 30.9 Å². The van der Waals surface area contributed by atoms with E-state index in [9.17, 15) is 9.90 Å². The highest BCUT2D eigenvalue weighted by Crippen LogP contribution is 2.28. The molecule has 4 rings (SSSR count). The number of rotatable bonds is 4. The molecule has 1 aliphatic rings. The molecule has 1 aliphatic carbocycles. The molecule has 3 aromatic heterocycles. The van der Waals surface area contributed by atoms with Gasteiger partial charge >= 0.3 is 0 Å². The van der Waals surface area contributed by atoms with Gasteiger partial charge in [0.05, 0.1) is 23.4 Å². The van der Waals surface area contributed by atoms with Gasteiger partial charge in [-0.2, -0.15) is 5.10 Å². The van der Waals surface area contributed by atoms with Crippen LogP contribution in [0.4, 0.5) is 0 Å². The van der Waals surface area contributed by atoms with Crippen LogP contribution in [0.25, 0.3) is 11.0 Å². The minimum Gasteiger partial charge on any atom is -0.451 e. The van der Waals surface area contributed by atoms with Crippen LogP contribution in [0.15, 0.2) is 41.3 Å². The maximum atomic E-state index is 12.4. The molecular weight excluding hydrogens is 344 g/mol. The third kappa shape index (κ3) is 3.38. The van der Waals surface area contributed by atoms with Gasteiger partial charge in [0.25, 0.3) is 5.91 Å². The van der Waals surface area contributed by atoms with Gasteiger partial charge in [-0.25, -0.2) is 0 Å². The summed E-state index contributed by atoms with van der Waals surface area (Å²) < 4.78 is 7.30. The molecule has 8 heteroatoms. The Morgan fingerprint density at radius 3 is 3.08 bits per heavy atom. The average molecular weight is 361 g/mol. The van der Waals surface area contributed by atoms with Crippen LogP contribution in [0.3, 0.4) is 0 Å². The predicted molar refractivity (Wildman–Crippen MR) is 91.2 cm³/mol. The van der Waals surface area contributed by atoms with Crippen molar-refractivity contribution in [3.63, 3.8) is 0 Å². The van der Waals surface area contributed by atoms with Gasteiger partial charge in [0.2, 0.25) is 0 Å². The topological polar surface area (TPSA) is 93.2 Å². The lowest BCUT2D eigenvalue weighted by molar-refractivity contribution is 0.0848. The fourth-order valence-corrected chi connectivity index (χ4v) is 3.52. The molecule has 3 aromatic rings. The first-order valence-electron chi connectivity index (χ1n) is 8.09. The number of hydrogen-bond donors (Lipinski definition) is 2. The number of hydrogen-bond acceptors (Lipinski definition) is 5. The summed E-state index contributed by atoms with van der Waals surface area (Å²) in [5.41, 5.74) is 0.612. The molecule has 0 aromatic carbocycles. The number of amides is 1. The van der Waals surface area contributed by atoms with Crippen molar-refractivity contribution < 1.29 is 14.3 Å². The predicted octanol–water partition coefficient (Wildman–Crippen LogP) is 2.25. The van der Waals surface area contributed by atoms with E-state index < -0.39 is 6.10 Å². The van der Waals surface area contributed by atoms with Crippen molar-refractivity contribution in [2.45, 2.75) is 31.5 Å². The quantitative estimate of drug-likeness (QED) is 0.744. The molecule has 25 heavy (non-hydrogen) atoms. The second-order valence-electron chi connectivity index (χ2n) is 6.39. The van der Waals surface area contributed by atoms with Crippen molar-refractivity contribution in [1.82, 2.24) is 20.1 Å². The summed E-state index contributed by atoms with van der Waals surface area (Å²) in [5, 5.41) is 18.6. The van der Waals surface area contributed by atoms with Gasteiger partial charge in [0, 0.05) is 30.5 Å². The molecule has 2 N–H and O–H groups in total. The summed E-state index contributed by atoms with van der Waals surface area (Å²) in [5.74, 6) is 0.108. The summed E-state index contributed by atoms with van der Waals surface area (Å²) >= 11 is 5.87. The normalized spacial score (nSPS) is 23.2. The number of halogens is 1. The van der Waals surface area contributed by atoms with Crippen molar-refractivity contribution in [2.75, 3.05) is 0 Å². The summed E-state index contributed by atoms with van der Waals surface area (Å²) in [6, 6.07) is 3.05. The van der Waals surface area contributed by atoms with E-state index in [-0.39, 0.29) is 23.6 Å². The highest BCUT2D eigenvalue weighted by atomic mass is 35.5. The van der Waals surface area contributed by atoms with Crippen molar-refractivity contribution in [3.05, 3.63) is 47.7 Å². The zero-order valence-electron chi connectivity index (χ0n) is 13.3. The van der Waals surface area contributed by atoms with E-state index in [0.717, 1.165) is 5.39 Å². The highest BCUT2D eigenvalue weighted by molar-refractivity contribution is 6.30. The van der Waals surface area contributed by atoms with Crippen LogP contribution in [0, 0.1) is 5.92 Å². The number of nitrogens with one attached hydrogen (secondary N) is 1. The molecule has 7 nitrogen and oxygen atoms in total. The van der Waals surface area contributed by atoms with Crippen molar-refractivity contribution in [3.8, 4) is 0 Å². The Balaban J connectivity index is 1.40. The van der Waals surface area contributed by atoms with E-state index in [2.05, 4.69) is 15.4 Å². The van der Waals surface area contributed by atoms with Crippen LogP contribution < -0.4 is 5.32 Å². The molecule has 0 bridgehead atoms. The molecule has 0 spiro atoms. The molecule has 0 saturated heterocycles. The SMILES string of the molecule is O=C(N[C@@H]1CC(Cn2cc(Cl)cn2)C[C@H]1O)c1cc2cnccc2o1. The summed E-state index contributed by atoms with van der Waals surface area (Å²) in [4.78, 5) is 16.4. The van der Waals surface area contributed by atoms with Crippen LogP contribution in [-0.4, -0.2) is 37.9 Å². The van der Waals surface area contributed by atoms with E-state index in [1.807, 2.05) is 0 Å². The Hall–Kier alpha value is -2.38. The highest BCUT2D eigenvalue weighted by Gasteiger charge is 2.34. The van der Waals surface area contributed by atoms with E-state index in [4.69, 9.17) is 16.0 Å². The van der Waals surface area contributed by atoms with Crippen LogP contribution in [-0.2, 0) is 6.54 Å². The third-order valence-corrected chi connectivity index (χ3v) is 4.73. The molecular formula is C17H17ClN4O3. The third-order valence-electron chi connectivity index (χ3n) is 4.53.